The molecule has 0 aliphatic carbocycles. The van der Waals surface area contributed by atoms with Crippen LogP contribution >= 0.6 is 0 Å². The summed E-state index contributed by atoms with van der Waals surface area (Å²) in [6.45, 7) is 5.91. The van der Waals surface area contributed by atoms with Crippen molar-refractivity contribution < 1.29 is 9.90 Å². The predicted octanol–water partition coefficient (Wildman–Crippen LogP) is 4.03. The molecule has 0 saturated carbocycles. The highest BCUT2D eigenvalue weighted by Gasteiger charge is 2.35. The molecule has 1 aromatic heterocycles. The van der Waals surface area contributed by atoms with Gasteiger partial charge in [0.15, 0.2) is 0 Å². The second-order valence-electron chi connectivity index (χ2n) is 7.91. The van der Waals surface area contributed by atoms with Crippen molar-refractivity contribution in [1.82, 2.24) is 10.3 Å². The summed E-state index contributed by atoms with van der Waals surface area (Å²) in [7, 11) is 0. The molecule has 2 N–H and O–H groups in total. The number of rotatable bonds is 5. The van der Waals surface area contributed by atoms with Gasteiger partial charge in [-0.3, -0.25) is 9.78 Å². The summed E-state index contributed by atoms with van der Waals surface area (Å²) in [5, 5.41) is 15.0. The minimum absolute atomic E-state index is 0.0507. The van der Waals surface area contributed by atoms with Crippen LogP contribution in [0.4, 0.5) is 0 Å². The summed E-state index contributed by atoms with van der Waals surface area (Å²) in [4.78, 5) is 16.6. The largest absolute Gasteiger partial charge is 0.376 e. The highest BCUT2D eigenvalue weighted by molar-refractivity contribution is 5.81. The van der Waals surface area contributed by atoms with Crippen molar-refractivity contribution in [2.45, 2.75) is 32.9 Å². The van der Waals surface area contributed by atoms with Gasteiger partial charge in [0.05, 0.1) is 0 Å². The molecular weight excluding hydrogens is 348 g/mol. The molecule has 3 rings (SSSR count). The quantitative estimate of drug-likeness (QED) is 0.709. The van der Waals surface area contributed by atoms with Crippen molar-refractivity contribution in [3.63, 3.8) is 0 Å². The molecule has 4 heteroatoms. The van der Waals surface area contributed by atoms with E-state index in [9.17, 15) is 9.90 Å². The van der Waals surface area contributed by atoms with Crippen LogP contribution in [0.15, 0.2) is 79.1 Å². The molecule has 0 aliphatic heterocycles. The number of pyridine rings is 1. The standard InChI is InChI=1S/C24H26N2O2/c1-23(2,3)22(27)26-17-18-16-25-15-14-21(18)24(28,19-10-6-4-7-11-19)20-12-8-5-9-13-20/h4-16,28H,17H2,1-3H3,(H,26,27). The lowest BCUT2D eigenvalue weighted by Crippen LogP contribution is -2.36. The molecule has 0 aliphatic rings. The van der Waals surface area contributed by atoms with Gasteiger partial charge in [0, 0.05) is 29.9 Å². The predicted molar refractivity (Wildman–Crippen MR) is 111 cm³/mol. The van der Waals surface area contributed by atoms with E-state index in [1.165, 1.54) is 0 Å². The first-order chi connectivity index (χ1) is 13.3. The van der Waals surface area contributed by atoms with Gasteiger partial charge in [-0.25, -0.2) is 0 Å². The molecule has 0 atom stereocenters. The fraction of sp³-hybridized carbons (Fsp3) is 0.250. The van der Waals surface area contributed by atoms with Crippen molar-refractivity contribution in [3.05, 3.63) is 101 Å². The Kier molecular flexibility index (Phi) is 5.61. The number of carbonyl (C=O) groups excluding carboxylic acids is 1. The van der Waals surface area contributed by atoms with Crippen LogP contribution < -0.4 is 5.32 Å². The van der Waals surface area contributed by atoms with E-state index in [1.807, 2.05) is 87.5 Å². The molecule has 0 radical (unpaired) electrons. The molecule has 1 amide bonds. The molecule has 0 spiro atoms. The molecule has 0 unspecified atom stereocenters. The summed E-state index contributed by atoms with van der Waals surface area (Å²) in [6.07, 6.45) is 3.37. The Morgan fingerprint density at radius 2 is 1.46 bits per heavy atom. The first-order valence-electron chi connectivity index (χ1n) is 9.38. The zero-order chi connectivity index (χ0) is 20.2. The fourth-order valence-electron chi connectivity index (χ4n) is 3.20. The van der Waals surface area contributed by atoms with E-state index in [4.69, 9.17) is 0 Å². The van der Waals surface area contributed by atoms with Crippen molar-refractivity contribution in [2.24, 2.45) is 5.41 Å². The maximum atomic E-state index is 12.3. The van der Waals surface area contributed by atoms with Crippen molar-refractivity contribution >= 4 is 5.91 Å². The summed E-state index contributed by atoms with van der Waals surface area (Å²) in [5.41, 5.74) is 1.15. The third kappa shape index (κ3) is 3.97. The molecule has 2 aromatic carbocycles. The van der Waals surface area contributed by atoms with Gasteiger partial charge in [-0.05, 0) is 22.8 Å². The molecular formula is C24H26N2O2. The molecule has 0 saturated heterocycles. The van der Waals surface area contributed by atoms with E-state index in [0.717, 1.165) is 16.7 Å². The van der Waals surface area contributed by atoms with Crippen LogP contribution in [0.3, 0.4) is 0 Å². The monoisotopic (exact) mass is 374 g/mol. The van der Waals surface area contributed by atoms with E-state index < -0.39 is 11.0 Å². The van der Waals surface area contributed by atoms with Crippen LogP contribution in [-0.2, 0) is 16.9 Å². The van der Waals surface area contributed by atoms with Crippen LogP contribution in [0.1, 0.15) is 43.0 Å². The Balaban J connectivity index is 2.09. The summed E-state index contributed by atoms with van der Waals surface area (Å²) < 4.78 is 0. The van der Waals surface area contributed by atoms with Gasteiger partial charge >= 0.3 is 0 Å². The molecule has 144 valence electrons. The third-order valence-electron chi connectivity index (χ3n) is 4.80. The Morgan fingerprint density at radius 3 is 1.96 bits per heavy atom. The van der Waals surface area contributed by atoms with E-state index in [0.29, 0.717) is 12.1 Å². The first kappa shape index (κ1) is 19.8. The second kappa shape index (κ2) is 7.95. The maximum absolute atomic E-state index is 12.3. The number of hydrogen-bond donors (Lipinski definition) is 2. The van der Waals surface area contributed by atoms with Crippen LogP contribution in [0, 0.1) is 5.41 Å². The number of hydrogen-bond acceptors (Lipinski definition) is 3. The number of nitrogens with one attached hydrogen (secondary N) is 1. The highest BCUT2D eigenvalue weighted by atomic mass is 16.3. The number of aliphatic hydroxyl groups is 1. The minimum Gasteiger partial charge on any atom is -0.376 e. The van der Waals surface area contributed by atoms with Crippen molar-refractivity contribution in [3.8, 4) is 0 Å². The number of aromatic nitrogens is 1. The average Bonchev–Trinajstić information content (AvgIpc) is 2.72. The molecule has 0 bridgehead atoms. The maximum Gasteiger partial charge on any atom is 0.225 e. The molecule has 4 nitrogen and oxygen atoms in total. The Bertz CT molecular complexity index is 892. The van der Waals surface area contributed by atoms with Gasteiger partial charge in [0.25, 0.3) is 0 Å². The van der Waals surface area contributed by atoms with Crippen LogP contribution in [-0.4, -0.2) is 16.0 Å². The van der Waals surface area contributed by atoms with Gasteiger partial charge < -0.3 is 10.4 Å². The zero-order valence-electron chi connectivity index (χ0n) is 16.5. The fourth-order valence-corrected chi connectivity index (χ4v) is 3.20. The number of carbonyl (C=O) groups is 1. The summed E-state index contributed by atoms with van der Waals surface area (Å²) >= 11 is 0. The second-order valence-corrected chi connectivity index (χ2v) is 7.91. The van der Waals surface area contributed by atoms with E-state index in [2.05, 4.69) is 10.3 Å². The molecule has 3 aromatic rings. The Labute approximate surface area is 166 Å². The molecule has 0 fully saturated rings. The minimum atomic E-state index is -1.35. The van der Waals surface area contributed by atoms with Crippen molar-refractivity contribution in [1.29, 1.82) is 0 Å². The van der Waals surface area contributed by atoms with E-state index >= 15 is 0 Å². The SMILES string of the molecule is CC(C)(C)C(=O)NCc1cnccc1C(O)(c1ccccc1)c1ccccc1. The lowest BCUT2D eigenvalue weighted by molar-refractivity contribution is -0.128. The lowest BCUT2D eigenvalue weighted by Gasteiger charge is -2.32. The number of amides is 1. The smallest absolute Gasteiger partial charge is 0.225 e. The summed E-state index contributed by atoms with van der Waals surface area (Å²) in [6, 6.07) is 20.9. The molecule has 1 heterocycles. The average molecular weight is 374 g/mol. The lowest BCUT2D eigenvalue weighted by atomic mass is 9.79. The van der Waals surface area contributed by atoms with E-state index in [1.54, 1.807) is 12.4 Å². The van der Waals surface area contributed by atoms with Crippen molar-refractivity contribution in [2.75, 3.05) is 0 Å². The topological polar surface area (TPSA) is 62.2 Å². The van der Waals surface area contributed by atoms with Crippen LogP contribution in [0.2, 0.25) is 0 Å². The third-order valence-corrected chi connectivity index (χ3v) is 4.80. The molecule has 28 heavy (non-hydrogen) atoms. The van der Waals surface area contributed by atoms with Gasteiger partial charge in [0.1, 0.15) is 5.60 Å². The van der Waals surface area contributed by atoms with Gasteiger partial charge in [-0.2, -0.15) is 0 Å². The zero-order valence-corrected chi connectivity index (χ0v) is 16.5. The van der Waals surface area contributed by atoms with Gasteiger partial charge in [-0.15, -0.1) is 0 Å². The van der Waals surface area contributed by atoms with Crippen LogP contribution in [0.5, 0.6) is 0 Å². The van der Waals surface area contributed by atoms with E-state index in [-0.39, 0.29) is 5.91 Å². The number of benzene rings is 2. The highest BCUT2D eigenvalue weighted by Crippen LogP contribution is 2.38. The van der Waals surface area contributed by atoms with Gasteiger partial charge in [-0.1, -0.05) is 81.4 Å². The van der Waals surface area contributed by atoms with Crippen LogP contribution in [0.25, 0.3) is 0 Å². The normalized spacial score (nSPS) is 11.9. The van der Waals surface area contributed by atoms with Gasteiger partial charge in [0.2, 0.25) is 5.91 Å². The first-order valence-corrected chi connectivity index (χ1v) is 9.38. The summed E-state index contributed by atoms with van der Waals surface area (Å²) in [5.74, 6) is -0.0507. The Morgan fingerprint density at radius 1 is 0.929 bits per heavy atom. The number of nitrogens with zero attached hydrogens (tertiary/aromatic N) is 1. The Hall–Kier alpha value is -2.98.